The summed E-state index contributed by atoms with van der Waals surface area (Å²) in [6.07, 6.45) is 3.66. The van der Waals surface area contributed by atoms with Crippen LogP contribution in [0.15, 0.2) is 0 Å². The maximum absolute atomic E-state index is 5.42. The van der Waals surface area contributed by atoms with Crippen LogP contribution in [0.5, 0.6) is 0 Å². The van der Waals surface area contributed by atoms with Crippen molar-refractivity contribution in [2.45, 2.75) is 30.1 Å². The molecule has 0 aromatic heterocycles. The van der Waals surface area contributed by atoms with Gasteiger partial charge in [-0.25, -0.2) is 0 Å². The van der Waals surface area contributed by atoms with E-state index in [9.17, 15) is 0 Å². The fourth-order valence-electron chi connectivity index (χ4n) is 1.06. The van der Waals surface area contributed by atoms with E-state index in [1.54, 1.807) is 0 Å². The monoisotopic (exact) mass is 188 g/mol. The van der Waals surface area contributed by atoms with Gasteiger partial charge in [-0.1, -0.05) is 0 Å². The van der Waals surface area contributed by atoms with Crippen molar-refractivity contribution in [3.63, 3.8) is 0 Å². The minimum absolute atomic E-state index is 0. The summed E-state index contributed by atoms with van der Waals surface area (Å²) in [5, 5.41) is 0. The second-order valence-corrected chi connectivity index (χ2v) is 3.23. The average Bonchev–Trinajstić information content (AvgIpc) is 2.03. The first kappa shape index (κ1) is 12.0. The Labute approximate surface area is 86.9 Å². The van der Waals surface area contributed by atoms with E-state index in [-0.39, 0.29) is 18.7 Å². The molecule has 1 rings (SSSR count). The molecule has 11 heavy (non-hydrogen) atoms. The van der Waals surface area contributed by atoms with Gasteiger partial charge in [0, 0.05) is 0 Å². The predicted octanol–water partition coefficient (Wildman–Crippen LogP) is -1.88. The molecule has 0 aliphatic carbocycles. The quantitative estimate of drug-likeness (QED) is 0.483. The Balaban J connectivity index is 0.000001000. The van der Waals surface area contributed by atoms with Gasteiger partial charge in [-0.05, 0) is 0 Å². The van der Waals surface area contributed by atoms with Crippen LogP contribution in [0, 0.1) is 0 Å². The third-order valence-corrected chi connectivity index (χ3v) is 1.87. The Morgan fingerprint density at radius 3 is 2.82 bits per heavy atom. The van der Waals surface area contributed by atoms with E-state index in [1.165, 1.54) is 12.8 Å². The molecule has 0 radical (unpaired) electrons. The van der Waals surface area contributed by atoms with Gasteiger partial charge in [0.2, 0.25) is 0 Å². The molecule has 0 spiro atoms. The van der Waals surface area contributed by atoms with E-state index in [2.05, 4.69) is 0 Å². The summed E-state index contributed by atoms with van der Waals surface area (Å²) in [5.74, 6) is 0. The van der Waals surface area contributed by atoms with Crippen LogP contribution in [0.25, 0.3) is 0 Å². The van der Waals surface area contributed by atoms with Gasteiger partial charge in [0.15, 0.2) is 0 Å². The Hall–Kier alpha value is 0.976. The first-order valence-corrected chi connectivity index (χ1v) is 4.96. The van der Waals surface area contributed by atoms with E-state index in [4.69, 9.17) is 9.47 Å². The van der Waals surface area contributed by atoms with E-state index in [0.717, 1.165) is 24.2 Å². The van der Waals surface area contributed by atoms with Gasteiger partial charge in [-0.15, -0.1) is 0 Å². The third kappa shape index (κ3) is 5.25. The van der Waals surface area contributed by atoms with Gasteiger partial charge in [-0.2, -0.15) is 0 Å². The molecule has 0 N–H and O–H groups in total. The van der Waals surface area contributed by atoms with E-state index in [1.807, 2.05) is 21.7 Å². The molecular formula is C7H13ClMgO2. The SMILES string of the molecule is [Cl-].[Mg+][CH2]COC1CCCCO1. The maximum atomic E-state index is 5.42. The van der Waals surface area contributed by atoms with Gasteiger partial charge in [0.05, 0.1) is 0 Å². The Kier molecular flexibility index (Phi) is 8.29. The Morgan fingerprint density at radius 2 is 2.27 bits per heavy atom. The summed E-state index contributed by atoms with van der Waals surface area (Å²) in [6, 6.07) is 0. The number of rotatable bonds is 3. The molecule has 1 unspecified atom stereocenters. The molecule has 0 aromatic rings. The summed E-state index contributed by atoms with van der Waals surface area (Å²) >= 11 is 1.94. The zero-order valence-electron chi connectivity index (χ0n) is 6.72. The molecule has 1 aliphatic rings. The van der Waals surface area contributed by atoms with Gasteiger partial charge in [-0.3, -0.25) is 0 Å². The van der Waals surface area contributed by atoms with E-state index >= 15 is 0 Å². The summed E-state index contributed by atoms with van der Waals surface area (Å²) in [7, 11) is 0. The average molecular weight is 189 g/mol. The van der Waals surface area contributed by atoms with Crippen LogP contribution >= 0.6 is 0 Å². The molecule has 2 nitrogen and oxygen atoms in total. The van der Waals surface area contributed by atoms with Crippen LogP contribution in [-0.2, 0) is 9.47 Å². The van der Waals surface area contributed by atoms with Crippen molar-refractivity contribution < 1.29 is 21.9 Å². The standard InChI is InChI=1S/C7H13O2.ClH.Mg/c1-2-8-7-5-3-4-6-9-7;;/h7H,1-6H2;1H;/q;;+1/p-1. The Bertz CT molecular complexity index is 86.5. The van der Waals surface area contributed by atoms with Gasteiger partial charge < -0.3 is 12.4 Å². The number of hydrogen-bond donors (Lipinski definition) is 0. The summed E-state index contributed by atoms with van der Waals surface area (Å²) in [5.41, 5.74) is 0. The van der Waals surface area contributed by atoms with Crippen LogP contribution in [0.3, 0.4) is 0 Å². The second-order valence-electron chi connectivity index (χ2n) is 2.52. The van der Waals surface area contributed by atoms with Gasteiger partial charge in [0.1, 0.15) is 0 Å². The van der Waals surface area contributed by atoms with Crippen LogP contribution in [0.2, 0.25) is 4.55 Å². The van der Waals surface area contributed by atoms with Crippen molar-refractivity contribution >= 4 is 21.7 Å². The van der Waals surface area contributed by atoms with Crippen molar-refractivity contribution in [3.05, 3.63) is 0 Å². The zero-order chi connectivity index (χ0) is 7.23. The molecule has 0 aromatic carbocycles. The number of halogens is 1. The van der Waals surface area contributed by atoms with E-state index < -0.39 is 0 Å². The topological polar surface area (TPSA) is 18.5 Å². The summed E-state index contributed by atoms with van der Waals surface area (Å²) in [6.45, 7) is 1.74. The zero-order valence-corrected chi connectivity index (χ0v) is 8.89. The molecule has 1 saturated heterocycles. The fourth-order valence-corrected chi connectivity index (χ4v) is 1.22. The van der Waals surface area contributed by atoms with Crippen molar-refractivity contribution in [2.75, 3.05) is 13.2 Å². The molecule has 1 fully saturated rings. The minimum atomic E-state index is 0. The molecule has 1 aliphatic heterocycles. The van der Waals surface area contributed by atoms with Crippen molar-refractivity contribution in [3.8, 4) is 0 Å². The predicted molar refractivity (Wildman–Crippen MR) is 40.1 cm³/mol. The molecule has 0 bridgehead atoms. The van der Waals surface area contributed by atoms with Gasteiger partial charge in [0.25, 0.3) is 0 Å². The first-order valence-electron chi connectivity index (χ1n) is 3.96. The molecule has 62 valence electrons. The molecule has 1 heterocycles. The summed E-state index contributed by atoms with van der Waals surface area (Å²) < 4.78 is 11.9. The van der Waals surface area contributed by atoms with Crippen molar-refractivity contribution in [2.24, 2.45) is 0 Å². The second kappa shape index (κ2) is 7.62. The number of hydrogen-bond acceptors (Lipinski definition) is 2. The Morgan fingerprint density at radius 1 is 1.45 bits per heavy atom. The molecule has 0 amide bonds. The normalized spacial score (nSPS) is 24.4. The fraction of sp³-hybridized carbons (Fsp3) is 1.00. The van der Waals surface area contributed by atoms with Gasteiger partial charge >= 0.3 is 74.5 Å². The molecule has 4 heteroatoms. The third-order valence-electron chi connectivity index (χ3n) is 1.59. The van der Waals surface area contributed by atoms with Crippen molar-refractivity contribution in [1.82, 2.24) is 0 Å². The van der Waals surface area contributed by atoms with Crippen LogP contribution in [-0.4, -0.2) is 41.2 Å². The molecule has 0 saturated carbocycles. The van der Waals surface area contributed by atoms with E-state index in [0.29, 0.717) is 0 Å². The summed E-state index contributed by atoms with van der Waals surface area (Å²) in [4.78, 5) is 0. The molecule has 1 atom stereocenters. The first-order chi connectivity index (χ1) is 4.93. The van der Waals surface area contributed by atoms with Crippen molar-refractivity contribution in [1.29, 1.82) is 0 Å². The van der Waals surface area contributed by atoms with Crippen LogP contribution < -0.4 is 12.4 Å². The molecular weight excluding hydrogens is 176 g/mol. The number of ether oxygens (including phenoxy) is 2. The van der Waals surface area contributed by atoms with Crippen LogP contribution in [0.4, 0.5) is 0 Å². The van der Waals surface area contributed by atoms with Crippen LogP contribution in [0.1, 0.15) is 19.3 Å².